The molecule has 0 unspecified atom stereocenters. The molecule has 0 spiro atoms. The number of rotatable bonds is 4. The van der Waals surface area contributed by atoms with E-state index in [9.17, 15) is 8.42 Å². The van der Waals surface area contributed by atoms with Gasteiger partial charge in [-0.2, -0.15) is 0 Å². The molecule has 2 rings (SSSR count). The quantitative estimate of drug-likeness (QED) is 0.837. The highest BCUT2D eigenvalue weighted by molar-refractivity contribution is 9.10. The van der Waals surface area contributed by atoms with Gasteiger partial charge in [-0.3, -0.25) is 0 Å². The summed E-state index contributed by atoms with van der Waals surface area (Å²) in [5, 5.41) is 7.44. The van der Waals surface area contributed by atoms with Gasteiger partial charge >= 0.3 is 0 Å². The molecule has 0 bridgehead atoms. The number of aromatic nitrogens is 3. The second-order valence-electron chi connectivity index (χ2n) is 4.91. The summed E-state index contributed by atoms with van der Waals surface area (Å²) in [5.41, 5.74) is 0. The van der Waals surface area contributed by atoms with Gasteiger partial charge in [0.1, 0.15) is 0 Å². The summed E-state index contributed by atoms with van der Waals surface area (Å²) in [5.74, 6) is 0.394. The van der Waals surface area contributed by atoms with Crippen LogP contribution >= 0.6 is 15.9 Å². The maximum Gasteiger partial charge on any atom is 0.260 e. The van der Waals surface area contributed by atoms with Gasteiger partial charge in [0.15, 0.2) is 4.60 Å². The normalized spacial score (nSPS) is 18.9. The average molecular weight is 352 g/mol. The van der Waals surface area contributed by atoms with E-state index in [0.717, 1.165) is 25.9 Å². The van der Waals surface area contributed by atoms with Crippen LogP contribution in [0.4, 0.5) is 0 Å². The first-order chi connectivity index (χ1) is 8.90. The monoisotopic (exact) mass is 351 g/mol. The van der Waals surface area contributed by atoms with Crippen molar-refractivity contribution in [2.24, 2.45) is 13.0 Å². The van der Waals surface area contributed by atoms with Crippen LogP contribution in [0.2, 0.25) is 0 Å². The lowest BCUT2D eigenvalue weighted by Crippen LogP contribution is -2.37. The van der Waals surface area contributed by atoms with Crippen LogP contribution in [0.1, 0.15) is 12.8 Å². The fourth-order valence-electron chi connectivity index (χ4n) is 2.17. The van der Waals surface area contributed by atoms with E-state index in [1.165, 1.54) is 4.68 Å². The summed E-state index contributed by atoms with van der Waals surface area (Å²) in [7, 11) is 0.0759. The Kier molecular flexibility index (Phi) is 4.59. The Morgan fingerprint density at radius 1 is 1.37 bits per heavy atom. The molecule has 0 radical (unpaired) electrons. The van der Waals surface area contributed by atoms with Crippen molar-refractivity contribution in [2.45, 2.75) is 17.9 Å². The third kappa shape index (κ3) is 3.53. The van der Waals surface area contributed by atoms with Crippen molar-refractivity contribution in [2.75, 3.05) is 26.7 Å². The zero-order valence-corrected chi connectivity index (χ0v) is 13.4. The van der Waals surface area contributed by atoms with Gasteiger partial charge in [0.05, 0.1) is 0 Å². The summed E-state index contributed by atoms with van der Waals surface area (Å²) >= 11 is 3.11. The molecule has 108 valence electrons. The van der Waals surface area contributed by atoms with Crippen LogP contribution in [0, 0.1) is 5.92 Å². The van der Waals surface area contributed by atoms with E-state index in [1.807, 2.05) is 0 Å². The molecule has 0 amide bonds. The molecule has 0 atom stereocenters. The first-order valence-electron chi connectivity index (χ1n) is 6.13. The highest BCUT2D eigenvalue weighted by Gasteiger charge is 2.25. The Bertz CT molecular complexity index is 517. The lowest BCUT2D eigenvalue weighted by molar-refractivity contribution is 0.220. The van der Waals surface area contributed by atoms with E-state index >= 15 is 0 Å². The molecule has 1 aromatic heterocycles. The minimum atomic E-state index is -3.56. The van der Waals surface area contributed by atoms with Crippen LogP contribution < -0.4 is 4.72 Å². The zero-order chi connectivity index (χ0) is 14.0. The highest BCUT2D eigenvalue weighted by atomic mass is 79.9. The summed E-state index contributed by atoms with van der Waals surface area (Å²) in [6.07, 6.45) is 2.04. The molecular formula is C10H18BrN5O2S. The Morgan fingerprint density at radius 2 is 2.00 bits per heavy atom. The standard InChI is InChI=1S/C10H18BrN5O2S/c1-15-5-3-8(4-6-15)7-12-19(17,18)10-9(11)13-14-16(10)2/h8,12H,3-7H2,1-2H3. The lowest BCUT2D eigenvalue weighted by atomic mass is 9.98. The van der Waals surface area contributed by atoms with E-state index in [1.54, 1.807) is 7.05 Å². The molecular weight excluding hydrogens is 334 g/mol. The van der Waals surface area contributed by atoms with Gasteiger partial charge in [-0.05, 0) is 54.8 Å². The molecule has 1 aliphatic rings. The molecule has 0 aliphatic carbocycles. The number of halogens is 1. The van der Waals surface area contributed by atoms with E-state index in [2.05, 4.69) is 42.9 Å². The number of nitrogens with zero attached hydrogens (tertiary/aromatic N) is 4. The van der Waals surface area contributed by atoms with E-state index in [-0.39, 0.29) is 9.63 Å². The molecule has 1 saturated heterocycles. The third-order valence-electron chi connectivity index (χ3n) is 3.39. The fourth-order valence-corrected chi connectivity index (χ4v) is 4.38. The van der Waals surface area contributed by atoms with Gasteiger partial charge in [-0.25, -0.2) is 17.8 Å². The number of piperidine rings is 1. The number of hydrogen-bond acceptors (Lipinski definition) is 5. The zero-order valence-electron chi connectivity index (χ0n) is 11.0. The van der Waals surface area contributed by atoms with Crippen LogP contribution in [0.5, 0.6) is 0 Å². The summed E-state index contributed by atoms with van der Waals surface area (Å²) in [6, 6.07) is 0. The number of likely N-dealkylation sites (tertiary alicyclic amines) is 1. The van der Waals surface area contributed by atoms with Crippen molar-refractivity contribution in [1.82, 2.24) is 24.6 Å². The average Bonchev–Trinajstić information content (AvgIpc) is 2.69. The van der Waals surface area contributed by atoms with Gasteiger partial charge in [0.2, 0.25) is 5.03 Å². The van der Waals surface area contributed by atoms with E-state index < -0.39 is 10.0 Å². The minimum absolute atomic E-state index is 0.0698. The van der Waals surface area contributed by atoms with Gasteiger partial charge < -0.3 is 4.90 Å². The second kappa shape index (κ2) is 5.86. The van der Waals surface area contributed by atoms with Crippen LogP contribution in [-0.2, 0) is 17.1 Å². The largest absolute Gasteiger partial charge is 0.306 e. The SMILES string of the molecule is CN1CCC(CNS(=O)(=O)c2c(Br)nnn2C)CC1. The smallest absolute Gasteiger partial charge is 0.260 e. The van der Waals surface area contributed by atoms with Crippen molar-refractivity contribution in [3.63, 3.8) is 0 Å². The van der Waals surface area contributed by atoms with Crippen molar-refractivity contribution in [1.29, 1.82) is 0 Å². The molecule has 1 aliphatic heterocycles. The number of hydrogen-bond donors (Lipinski definition) is 1. The first kappa shape index (κ1) is 14.9. The summed E-state index contributed by atoms with van der Waals surface area (Å²) in [4.78, 5) is 2.26. The maximum absolute atomic E-state index is 12.2. The molecule has 1 fully saturated rings. The fraction of sp³-hybridized carbons (Fsp3) is 0.800. The van der Waals surface area contributed by atoms with Gasteiger partial charge in [-0.15, -0.1) is 5.10 Å². The summed E-state index contributed by atoms with van der Waals surface area (Å²) in [6.45, 7) is 2.50. The Hall–Kier alpha value is -0.510. The predicted octanol–water partition coefficient (Wildman–Crippen LogP) is 0.198. The van der Waals surface area contributed by atoms with Gasteiger partial charge in [0.25, 0.3) is 10.0 Å². The molecule has 9 heteroatoms. The molecule has 19 heavy (non-hydrogen) atoms. The Morgan fingerprint density at radius 3 is 2.53 bits per heavy atom. The van der Waals surface area contributed by atoms with Crippen molar-refractivity contribution >= 4 is 26.0 Å². The topological polar surface area (TPSA) is 80.1 Å². The van der Waals surface area contributed by atoms with Crippen molar-refractivity contribution in [3.8, 4) is 0 Å². The molecule has 2 heterocycles. The number of sulfonamides is 1. The summed E-state index contributed by atoms with van der Waals surface area (Å²) < 4.78 is 28.5. The number of aryl methyl sites for hydroxylation is 1. The van der Waals surface area contributed by atoms with E-state index in [4.69, 9.17) is 0 Å². The number of nitrogens with one attached hydrogen (secondary N) is 1. The van der Waals surface area contributed by atoms with Crippen LogP contribution in [0.25, 0.3) is 0 Å². The molecule has 0 aromatic carbocycles. The van der Waals surface area contributed by atoms with Crippen molar-refractivity contribution < 1.29 is 8.42 Å². The molecule has 1 N–H and O–H groups in total. The Balaban J connectivity index is 1.99. The molecule has 0 saturated carbocycles. The van der Waals surface area contributed by atoms with Crippen LogP contribution in [-0.4, -0.2) is 55.0 Å². The minimum Gasteiger partial charge on any atom is -0.306 e. The Labute approximate surface area is 121 Å². The third-order valence-corrected chi connectivity index (χ3v) is 5.70. The highest BCUT2D eigenvalue weighted by Crippen LogP contribution is 2.19. The van der Waals surface area contributed by atoms with Crippen LogP contribution in [0.3, 0.4) is 0 Å². The lowest BCUT2D eigenvalue weighted by Gasteiger charge is -2.28. The van der Waals surface area contributed by atoms with E-state index in [0.29, 0.717) is 12.5 Å². The first-order valence-corrected chi connectivity index (χ1v) is 8.41. The van der Waals surface area contributed by atoms with Gasteiger partial charge in [0, 0.05) is 13.6 Å². The van der Waals surface area contributed by atoms with Crippen molar-refractivity contribution in [3.05, 3.63) is 4.60 Å². The predicted molar refractivity (Wildman–Crippen MR) is 74.1 cm³/mol. The van der Waals surface area contributed by atoms with Crippen LogP contribution in [0.15, 0.2) is 9.63 Å². The molecule has 7 nitrogen and oxygen atoms in total. The van der Waals surface area contributed by atoms with Gasteiger partial charge in [-0.1, -0.05) is 5.21 Å². The second-order valence-corrected chi connectivity index (χ2v) is 7.34. The maximum atomic E-state index is 12.2. The molecule has 1 aromatic rings.